The van der Waals surface area contributed by atoms with Gasteiger partial charge in [0.2, 0.25) is 0 Å². The zero-order valence-electron chi connectivity index (χ0n) is 30.3. The molecule has 10 aromatic carbocycles. The number of benzene rings is 10. The number of nitrogens with zero attached hydrogens (tertiary/aromatic N) is 1. The van der Waals surface area contributed by atoms with E-state index in [0.717, 1.165) is 17.1 Å². The van der Waals surface area contributed by atoms with Crippen molar-refractivity contribution in [3.63, 3.8) is 0 Å². The molecule has 1 nitrogen and oxygen atoms in total. The average Bonchev–Trinajstić information content (AvgIpc) is 3.27. The van der Waals surface area contributed by atoms with Crippen molar-refractivity contribution in [2.24, 2.45) is 0 Å². The van der Waals surface area contributed by atoms with Gasteiger partial charge in [0.25, 0.3) is 0 Å². The van der Waals surface area contributed by atoms with E-state index < -0.39 is 0 Å². The van der Waals surface area contributed by atoms with Crippen LogP contribution in [0.3, 0.4) is 0 Å². The molecular weight excluding hydrogens is 663 g/mol. The first-order valence-corrected chi connectivity index (χ1v) is 18.9. The standard InChI is InChI=1S/C54H37N/c1-5-17-38(18-6-1)42-33-43(39-19-7-2-8-20-39)35-46(34-42)55(44-29-31-47(40-21-9-3-10-22-40)53(36-44)41-23-11-4-12-24-41)45-30-32-52-50-27-14-13-25-48(50)49-26-15-16-28-51(49)54(52)37-45/h1-37H. The lowest BCUT2D eigenvalue weighted by atomic mass is 9.92. The van der Waals surface area contributed by atoms with Crippen molar-refractivity contribution in [2.75, 3.05) is 4.90 Å². The third-order valence-corrected chi connectivity index (χ3v) is 10.8. The predicted octanol–water partition coefficient (Wildman–Crippen LogP) is 15.3. The largest absolute Gasteiger partial charge is 0.310 e. The molecule has 0 saturated heterocycles. The summed E-state index contributed by atoms with van der Waals surface area (Å²) >= 11 is 0. The smallest absolute Gasteiger partial charge is 0.0473 e. The van der Waals surface area contributed by atoms with E-state index in [2.05, 4.69) is 229 Å². The van der Waals surface area contributed by atoms with E-state index in [-0.39, 0.29) is 0 Å². The highest BCUT2D eigenvalue weighted by Crippen LogP contribution is 2.45. The van der Waals surface area contributed by atoms with Gasteiger partial charge in [0.15, 0.2) is 0 Å². The molecule has 0 bridgehead atoms. The van der Waals surface area contributed by atoms with E-state index in [9.17, 15) is 0 Å². The SMILES string of the molecule is c1ccc(-c2cc(-c3ccccc3)cc(N(c3ccc(-c4ccccc4)c(-c4ccccc4)c3)c3ccc4c5ccccc5c5ccccc5c4c3)c2)cc1. The Kier molecular flexibility index (Phi) is 8.24. The molecule has 258 valence electrons. The van der Waals surface area contributed by atoms with Crippen LogP contribution in [0.5, 0.6) is 0 Å². The second-order valence-electron chi connectivity index (χ2n) is 14.1. The Morgan fingerprint density at radius 2 is 0.582 bits per heavy atom. The molecule has 10 aromatic rings. The quantitative estimate of drug-likeness (QED) is 0.150. The van der Waals surface area contributed by atoms with Gasteiger partial charge in [0.1, 0.15) is 0 Å². The first-order chi connectivity index (χ1) is 27.3. The summed E-state index contributed by atoms with van der Waals surface area (Å²) in [5.41, 5.74) is 12.8. The molecular formula is C54H37N. The predicted molar refractivity (Wildman–Crippen MR) is 235 cm³/mol. The van der Waals surface area contributed by atoms with Gasteiger partial charge in [0.05, 0.1) is 0 Å². The average molecular weight is 700 g/mol. The molecule has 0 aliphatic heterocycles. The van der Waals surface area contributed by atoms with E-state index in [0.29, 0.717) is 0 Å². The Hall–Kier alpha value is -7.22. The Labute approximate surface area is 322 Å². The van der Waals surface area contributed by atoms with Crippen LogP contribution in [0.4, 0.5) is 17.1 Å². The molecule has 0 spiro atoms. The minimum atomic E-state index is 1.09. The monoisotopic (exact) mass is 699 g/mol. The molecule has 0 atom stereocenters. The zero-order chi connectivity index (χ0) is 36.6. The molecule has 0 radical (unpaired) electrons. The highest BCUT2D eigenvalue weighted by molar-refractivity contribution is 6.25. The maximum atomic E-state index is 2.45. The van der Waals surface area contributed by atoms with Crippen LogP contribution in [-0.2, 0) is 0 Å². The molecule has 0 amide bonds. The molecule has 0 N–H and O–H groups in total. The minimum absolute atomic E-state index is 1.09. The summed E-state index contributed by atoms with van der Waals surface area (Å²) in [7, 11) is 0. The van der Waals surface area contributed by atoms with Crippen LogP contribution in [0.15, 0.2) is 224 Å². The van der Waals surface area contributed by atoms with Crippen molar-refractivity contribution in [3.05, 3.63) is 224 Å². The summed E-state index contributed by atoms with van der Waals surface area (Å²) < 4.78 is 0. The minimum Gasteiger partial charge on any atom is -0.310 e. The van der Waals surface area contributed by atoms with Crippen LogP contribution in [0, 0.1) is 0 Å². The normalized spacial score (nSPS) is 11.3. The Balaban J connectivity index is 1.27. The molecule has 0 aromatic heterocycles. The summed E-state index contributed by atoms with van der Waals surface area (Å²) in [4.78, 5) is 2.45. The van der Waals surface area contributed by atoms with E-state index >= 15 is 0 Å². The first-order valence-electron chi connectivity index (χ1n) is 18.9. The van der Waals surface area contributed by atoms with Crippen LogP contribution in [0.25, 0.3) is 76.8 Å². The Bertz CT molecular complexity index is 2860. The molecule has 0 aliphatic carbocycles. The van der Waals surface area contributed by atoms with Gasteiger partial charge in [-0.3, -0.25) is 0 Å². The van der Waals surface area contributed by atoms with Gasteiger partial charge < -0.3 is 4.90 Å². The highest BCUT2D eigenvalue weighted by atomic mass is 15.1. The molecule has 1 heteroatoms. The molecule has 0 saturated carbocycles. The maximum Gasteiger partial charge on any atom is 0.0473 e. The topological polar surface area (TPSA) is 3.24 Å². The third kappa shape index (κ3) is 6.02. The van der Waals surface area contributed by atoms with Gasteiger partial charge in [-0.1, -0.05) is 182 Å². The molecule has 10 rings (SSSR count). The Morgan fingerprint density at radius 1 is 0.200 bits per heavy atom. The second kappa shape index (κ2) is 14.0. The van der Waals surface area contributed by atoms with E-state index in [1.54, 1.807) is 0 Å². The lowest BCUT2D eigenvalue weighted by Crippen LogP contribution is -2.11. The number of hydrogen-bond donors (Lipinski definition) is 0. The van der Waals surface area contributed by atoms with Gasteiger partial charge in [-0.05, 0) is 119 Å². The van der Waals surface area contributed by atoms with Crippen LogP contribution in [0.2, 0.25) is 0 Å². The zero-order valence-corrected chi connectivity index (χ0v) is 30.3. The number of rotatable bonds is 7. The van der Waals surface area contributed by atoms with Crippen molar-refractivity contribution in [3.8, 4) is 44.5 Å². The summed E-state index contributed by atoms with van der Waals surface area (Å²) in [5.74, 6) is 0. The number of anilines is 3. The van der Waals surface area contributed by atoms with Crippen molar-refractivity contribution in [1.29, 1.82) is 0 Å². The van der Waals surface area contributed by atoms with Gasteiger partial charge in [0, 0.05) is 17.1 Å². The van der Waals surface area contributed by atoms with Gasteiger partial charge in [-0.15, -0.1) is 0 Å². The number of hydrogen-bond acceptors (Lipinski definition) is 1. The fraction of sp³-hybridized carbons (Fsp3) is 0. The van der Waals surface area contributed by atoms with Crippen LogP contribution >= 0.6 is 0 Å². The lowest BCUT2D eigenvalue weighted by molar-refractivity contribution is 1.29. The summed E-state index contributed by atoms with van der Waals surface area (Å²) in [6, 6.07) is 81.6. The van der Waals surface area contributed by atoms with Crippen molar-refractivity contribution >= 4 is 49.4 Å². The fourth-order valence-electron chi connectivity index (χ4n) is 8.21. The van der Waals surface area contributed by atoms with Crippen LogP contribution in [0.1, 0.15) is 0 Å². The van der Waals surface area contributed by atoms with Crippen LogP contribution < -0.4 is 4.90 Å². The van der Waals surface area contributed by atoms with Crippen molar-refractivity contribution in [2.45, 2.75) is 0 Å². The van der Waals surface area contributed by atoms with Gasteiger partial charge in [-0.25, -0.2) is 0 Å². The van der Waals surface area contributed by atoms with E-state index in [4.69, 9.17) is 0 Å². The molecule has 0 fully saturated rings. The van der Waals surface area contributed by atoms with E-state index in [1.807, 2.05) is 0 Å². The first kappa shape index (κ1) is 32.4. The van der Waals surface area contributed by atoms with Gasteiger partial charge in [-0.2, -0.15) is 0 Å². The summed E-state index contributed by atoms with van der Waals surface area (Å²) in [5, 5.41) is 7.57. The molecule has 0 aliphatic rings. The van der Waals surface area contributed by atoms with Crippen LogP contribution in [-0.4, -0.2) is 0 Å². The lowest BCUT2D eigenvalue weighted by Gasteiger charge is -2.28. The maximum absolute atomic E-state index is 2.45. The summed E-state index contributed by atoms with van der Waals surface area (Å²) in [6.07, 6.45) is 0. The van der Waals surface area contributed by atoms with Crippen molar-refractivity contribution in [1.82, 2.24) is 0 Å². The fourth-order valence-corrected chi connectivity index (χ4v) is 8.21. The number of fused-ring (bicyclic) bond motifs is 6. The molecule has 0 heterocycles. The highest BCUT2D eigenvalue weighted by Gasteiger charge is 2.20. The molecule has 0 unspecified atom stereocenters. The van der Waals surface area contributed by atoms with Gasteiger partial charge >= 0.3 is 0 Å². The Morgan fingerprint density at radius 3 is 1.09 bits per heavy atom. The molecule has 55 heavy (non-hydrogen) atoms. The third-order valence-electron chi connectivity index (χ3n) is 10.8. The second-order valence-corrected chi connectivity index (χ2v) is 14.1. The van der Waals surface area contributed by atoms with E-state index in [1.165, 1.54) is 76.8 Å². The van der Waals surface area contributed by atoms with Crippen molar-refractivity contribution < 1.29 is 0 Å². The summed E-state index contributed by atoms with van der Waals surface area (Å²) in [6.45, 7) is 0.